The van der Waals surface area contributed by atoms with E-state index in [9.17, 15) is 23.6 Å². The molecule has 1 aromatic carbocycles. The number of allylic oxidation sites excluding steroid dienone is 4. The zero-order chi connectivity index (χ0) is 24.0. The van der Waals surface area contributed by atoms with Gasteiger partial charge in [-0.2, -0.15) is 0 Å². The summed E-state index contributed by atoms with van der Waals surface area (Å²) in [6, 6.07) is 5.66. The number of carbonyl (C=O) groups is 3. The maximum Gasteiger partial charge on any atom is 0.325 e. The van der Waals surface area contributed by atoms with Crippen molar-refractivity contribution in [2.24, 2.45) is 0 Å². The average molecular weight is 464 g/mol. The molecule has 0 atom stereocenters. The molecule has 3 aliphatic rings. The Labute approximate surface area is 195 Å². The molecule has 5 rings (SSSR count). The second-order valence-corrected chi connectivity index (χ2v) is 8.88. The number of aromatic nitrogens is 1. The van der Waals surface area contributed by atoms with Crippen molar-refractivity contribution in [3.8, 4) is 0 Å². The zero-order valence-corrected chi connectivity index (χ0v) is 18.9. The number of ketones is 2. The van der Waals surface area contributed by atoms with Crippen LogP contribution in [-0.2, 0) is 19.1 Å². The number of halogens is 1. The van der Waals surface area contributed by atoms with Crippen LogP contribution in [0.4, 0.5) is 4.39 Å². The van der Waals surface area contributed by atoms with Crippen LogP contribution in [0.15, 0.2) is 51.6 Å². The smallest absolute Gasteiger partial charge is 0.325 e. The van der Waals surface area contributed by atoms with Crippen LogP contribution in [0.3, 0.4) is 0 Å². The molecule has 34 heavy (non-hydrogen) atoms. The first-order valence-corrected chi connectivity index (χ1v) is 11.7. The third-order valence-corrected chi connectivity index (χ3v) is 6.82. The van der Waals surface area contributed by atoms with E-state index in [2.05, 4.69) is 4.98 Å². The van der Waals surface area contributed by atoms with Crippen molar-refractivity contribution in [1.82, 2.24) is 9.88 Å². The summed E-state index contributed by atoms with van der Waals surface area (Å²) < 4.78 is 19.1. The van der Waals surface area contributed by atoms with Gasteiger partial charge in [-0.05, 0) is 56.9 Å². The van der Waals surface area contributed by atoms with Gasteiger partial charge in [-0.25, -0.2) is 4.39 Å². The molecule has 2 heterocycles. The van der Waals surface area contributed by atoms with Crippen LogP contribution in [0.1, 0.15) is 56.9 Å². The summed E-state index contributed by atoms with van der Waals surface area (Å²) in [5, 5.41) is 0.486. The van der Waals surface area contributed by atoms with Gasteiger partial charge in [0.25, 0.3) is 5.56 Å². The molecule has 0 bridgehead atoms. The first kappa shape index (κ1) is 22.3. The molecule has 0 radical (unpaired) electrons. The number of pyridine rings is 1. The van der Waals surface area contributed by atoms with Crippen molar-refractivity contribution in [1.29, 1.82) is 0 Å². The number of benzene rings is 1. The molecule has 7 nitrogen and oxygen atoms in total. The lowest BCUT2D eigenvalue weighted by atomic mass is 9.71. The van der Waals surface area contributed by atoms with Crippen molar-refractivity contribution >= 4 is 28.4 Å². The highest BCUT2D eigenvalue weighted by Crippen LogP contribution is 2.48. The maximum absolute atomic E-state index is 13.9. The standard InChI is InChI=1S/C26H25FN2O5/c1-2-34-22(32)13-29-18-5-3-7-20(30)24(18)23(25-19(29)6-4-8-21(25)31)16-12-14-11-15(27)9-10-17(14)28-26(16)33/h9-12,23H,2-8,13H2,1H3,(H,28,33). The van der Waals surface area contributed by atoms with Crippen molar-refractivity contribution in [2.75, 3.05) is 13.2 Å². The van der Waals surface area contributed by atoms with Gasteiger partial charge in [0.15, 0.2) is 11.6 Å². The lowest BCUT2D eigenvalue weighted by Gasteiger charge is -2.43. The highest BCUT2D eigenvalue weighted by molar-refractivity contribution is 6.06. The van der Waals surface area contributed by atoms with E-state index in [4.69, 9.17) is 4.74 Å². The van der Waals surface area contributed by atoms with Crippen LogP contribution >= 0.6 is 0 Å². The maximum atomic E-state index is 13.9. The summed E-state index contributed by atoms with van der Waals surface area (Å²) in [5.41, 5.74) is 2.46. The quantitative estimate of drug-likeness (QED) is 0.694. The summed E-state index contributed by atoms with van der Waals surface area (Å²) in [4.78, 5) is 56.8. The Kier molecular flexibility index (Phi) is 5.67. The molecule has 1 aromatic heterocycles. The normalized spacial score (nSPS) is 18.9. The highest BCUT2D eigenvalue weighted by Gasteiger charge is 2.44. The predicted octanol–water partition coefficient (Wildman–Crippen LogP) is 3.64. The van der Waals surface area contributed by atoms with Gasteiger partial charge >= 0.3 is 5.97 Å². The molecule has 0 spiro atoms. The molecule has 1 aliphatic heterocycles. The Balaban J connectivity index is 1.75. The fourth-order valence-corrected chi connectivity index (χ4v) is 5.46. The van der Waals surface area contributed by atoms with E-state index in [1.807, 2.05) is 0 Å². The summed E-state index contributed by atoms with van der Waals surface area (Å²) in [5.74, 6) is -1.99. The minimum Gasteiger partial charge on any atom is -0.465 e. The van der Waals surface area contributed by atoms with E-state index in [0.29, 0.717) is 72.0 Å². The molecule has 0 amide bonds. The second kappa shape index (κ2) is 8.66. The van der Waals surface area contributed by atoms with Gasteiger partial charge in [0.2, 0.25) is 0 Å². The number of aromatic amines is 1. The van der Waals surface area contributed by atoms with E-state index < -0.39 is 23.3 Å². The molecule has 8 heteroatoms. The minimum atomic E-state index is -0.833. The van der Waals surface area contributed by atoms with E-state index >= 15 is 0 Å². The largest absolute Gasteiger partial charge is 0.465 e. The van der Waals surface area contributed by atoms with Crippen LogP contribution in [0.5, 0.6) is 0 Å². The molecule has 0 saturated carbocycles. The van der Waals surface area contributed by atoms with Gasteiger partial charge < -0.3 is 14.6 Å². The molecule has 1 N–H and O–H groups in total. The number of hydrogen-bond donors (Lipinski definition) is 1. The number of carbonyl (C=O) groups excluding carboxylic acids is 3. The lowest BCUT2D eigenvalue weighted by molar-refractivity contribution is -0.143. The monoisotopic (exact) mass is 464 g/mol. The number of fused-ring (bicyclic) bond motifs is 1. The van der Waals surface area contributed by atoms with E-state index in [1.54, 1.807) is 17.9 Å². The van der Waals surface area contributed by atoms with Gasteiger partial charge in [0.05, 0.1) is 6.61 Å². The van der Waals surface area contributed by atoms with Gasteiger partial charge in [0, 0.05) is 57.8 Å². The van der Waals surface area contributed by atoms with Gasteiger partial charge in [0.1, 0.15) is 12.4 Å². The number of esters is 1. The van der Waals surface area contributed by atoms with E-state index in [1.165, 1.54) is 18.2 Å². The molecule has 0 saturated heterocycles. The van der Waals surface area contributed by atoms with Crippen LogP contribution in [0.2, 0.25) is 0 Å². The first-order chi connectivity index (χ1) is 16.4. The molecule has 176 valence electrons. The summed E-state index contributed by atoms with van der Waals surface area (Å²) in [7, 11) is 0. The fraction of sp³-hybridized carbons (Fsp3) is 0.385. The van der Waals surface area contributed by atoms with Crippen molar-refractivity contribution in [3.05, 3.63) is 68.5 Å². The SMILES string of the molecule is CCOC(=O)CN1C2=C(C(=O)CCC2)C(c2cc3cc(F)ccc3[nH]c2=O)C2=C1CCCC2=O. The van der Waals surface area contributed by atoms with Gasteiger partial charge in [-0.3, -0.25) is 19.2 Å². The number of nitrogens with zero attached hydrogens (tertiary/aromatic N) is 1. The van der Waals surface area contributed by atoms with Crippen molar-refractivity contribution in [2.45, 2.75) is 51.4 Å². The van der Waals surface area contributed by atoms with Crippen molar-refractivity contribution in [3.63, 3.8) is 0 Å². The Bertz CT molecular complexity index is 1310. The second-order valence-electron chi connectivity index (χ2n) is 8.88. The summed E-state index contributed by atoms with van der Waals surface area (Å²) >= 11 is 0. The molecule has 0 unspecified atom stereocenters. The number of H-pyrrole nitrogens is 1. The Morgan fingerprint density at radius 3 is 2.29 bits per heavy atom. The Morgan fingerprint density at radius 1 is 1.03 bits per heavy atom. The van der Waals surface area contributed by atoms with E-state index in [-0.39, 0.29) is 30.3 Å². The topological polar surface area (TPSA) is 96.5 Å². The van der Waals surface area contributed by atoms with Crippen LogP contribution < -0.4 is 5.56 Å². The molecule has 2 aromatic rings. The third-order valence-electron chi connectivity index (χ3n) is 6.82. The molecular weight excluding hydrogens is 439 g/mol. The molecule has 0 fully saturated rings. The number of nitrogens with one attached hydrogen (secondary N) is 1. The van der Waals surface area contributed by atoms with Crippen LogP contribution in [0, 0.1) is 5.82 Å². The predicted molar refractivity (Wildman–Crippen MR) is 122 cm³/mol. The number of ether oxygens (including phenoxy) is 1. The van der Waals surface area contributed by atoms with Gasteiger partial charge in [-0.1, -0.05) is 0 Å². The Hall–Kier alpha value is -3.55. The third kappa shape index (κ3) is 3.67. The Morgan fingerprint density at radius 2 is 1.68 bits per heavy atom. The fourth-order valence-electron chi connectivity index (χ4n) is 5.46. The minimum absolute atomic E-state index is 0.0852. The highest BCUT2D eigenvalue weighted by atomic mass is 19.1. The van der Waals surface area contributed by atoms with Crippen LogP contribution in [-0.4, -0.2) is 40.6 Å². The number of Topliss-reactive ketones (excluding diaryl/α,β-unsaturated/α-hetero) is 2. The summed E-state index contributed by atoms with van der Waals surface area (Å²) in [6.07, 6.45) is 2.97. The molecular formula is C26H25FN2O5. The summed E-state index contributed by atoms with van der Waals surface area (Å²) in [6.45, 7) is 1.87. The van der Waals surface area contributed by atoms with Crippen molar-refractivity contribution < 1.29 is 23.5 Å². The molecule has 2 aliphatic carbocycles. The van der Waals surface area contributed by atoms with Crippen LogP contribution in [0.25, 0.3) is 10.9 Å². The van der Waals surface area contributed by atoms with E-state index in [0.717, 1.165) is 0 Å². The lowest BCUT2D eigenvalue weighted by Crippen LogP contribution is -2.42. The number of rotatable bonds is 4. The zero-order valence-electron chi connectivity index (χ0n) is 18.9. The number of hydrogen-bond acceptors (Lipinski definition) is 6. The average Bonchev–Trinajstić information content (AvgIpc) is 2.80. The first-order valence-electron chi connectivity index (χ1n) is 11.7. The van der Waals surface area contributed by atoms with Gasteiger partial charge in [-0.15, -0.1) is 0 Å².